The van der Waals surface area contributed by atoms with Gasteiger partial charge in [-0.25, -0.2) is 5.43 Å². The molecule has 0 spiro atoms. The van der Waals surface area contributed by atoms with Gasteiger partial charge in [0, 0.05) is 17.9 Å². The largest absolute Gasteiger partial charge is 0.493 e. The first-order chi connectivity index (χ1) is 12.1. The predicted octanol–water partition coefficient (Wildman–Crippen LogP) is 2.66. The van der Waals surface area contributed by atoms with Crippen molar-refractivity contribution in [3.8, 4) is 5.75 Å². The van der Waals surface area contributed by atoms with Gasteiger partial charge in [0.15, 0.2) is 0 Å². The number of carbonyl (C=O) groups is 1. The van der Waals surface area contributed by atoms with Crippen molar-refractivity contribution in [1.82, 2.24) is 10.3 Å². The molecule has 1 aliphatic carbocycles. The number of ether oxygens (including phenoxy) is 1. The Morgan fingerprint density at radius 3 is 2.84 bits per heavy atom. The van der Waals surface area contributed by atoms with Gasteiger partial charge < -0.3 is 9.64 Å². The summed E-state index contributed by atoms with van der Waals surface area (Å²) >= 11 is 0. The van der Waals surface area contributed by atoms with Gasteiger partial charge in [0.25, 0.3) is 0 Å². The minimum Gasteiger partial charge on any atom is -0.493 e. The van der Waals surface area contributed by atoms with E-state index in [-0.39, 0.29) is 11.8 Å². The van der Waals surface area contributed by atoms with Gasteiger partial charge in [0.2, 0.25) is 5.91 Å². The van der Waals surface area contributed by atoms with E-state index in [0.717, 1.165) is 30.1 Å². The molecule has 1 saturated carbocycles. The Balaban J connectivity index is 1.30. The molecule has 3 aliphatic rings. The van der Waals surface area contributed by atoms with Crippen LogP contribution in [0.4, 0.5) is 0 Å². The zero-order valence-electron chi connectivity index (χ0n) is 15.1. The van der Waals surface area contributed by atoms with E-state index in [1.54, 1.807) is 0 Å². The first kappa shape index (κ1) is 16.6. The summed E-state index contributed by atoms with van der Waals surface area (Å²) in [7, 11) is 2.23. The van der Waals surface area contributed by atoms with Crippen LogP contribution >= 0.6 is 0 Å². The molecule has 5 nitrogen and oxygen atoms in total. The number of nitrogens with one attached hydrogen (secondary N) is 1. The topological polar surface area (TPSA) is 53.9 Å². The highest BCUT2D eigenvalue weighted by Crippen LogP contribution is 2.43. The van der Waals surface area contributed by atoms with Crippen molar-refractivity contribution < 1.29 is 9.53 Å². The van der Waals surface area contributed by atoms with Gasteiger partial charge in [-0.05, 0) is 75.0 Å². The predicted molar refractivity (Wildman–Crippen MR) is 97.6 cm³/mol. The van der Waals surface area contributed by atoms with E-state index in [9.17, 15) is 4.79 Å². The third kappa shape index (κ3) is 3.56. The summed E-state index contributed by atoms with van der Waals surface area (Å²) in [6.07, 6.45) is 4.77. The lowest BCUT2D eigenvalue weighted by Gasteiger charge is -2.23. The van der Waals surface area contributed by atoms with Crippen LogP contribution < -0.4 is 10.2 Å². The minimum atomic E-state index is 0.0654. The molecule has 1 N–H and O–H groups in total. The monoisotopic (exact) mass is 341 g/mol. The Kier molecular flexibility index (Phi) is 4.50. The zero-order chi connectivity index (χ0) is 17.4. The second-order valence-corrected chi connectivity index (χ2v) is 7.87. The Morgan fingerprint density at radius 2 is 2.12 bits per heavy atom. The van der Waals surface area contributed by atoms with Gasteiger partial charge in [-0.2, -0.15) is 5.10 Å². The molecular weight excluding hydrogens is 314 g/mol. The highest BCUT2D eigenvalue weighted by molar-refractivity contribution is 6.09. The van der Waals surface area contributed by atoms with Gasteiger partial charge >= 0.3 is 0 Å². The number of benzene rings is 1. The zero-order valence-corrected chi connectivity index (χ0v) is 15.1. The second kappa shape index (κ2) is 6.79. The molecule has 0 aromatic heterocycles. The fourth-order valence-electron chi connectivity index (χ4n) is 4.12. The molecule has 2 aliphatic heterocycles. The fraction of sp³-hybridized carbons (Fsp3) is 0.600. The lowest BCUT2D eigenvalue weighted by Crippen LogP contribution is -2.28. The number of carbonyl (C=O) groups excluding carboxylic acids is 1. The maximum atomic E-state index is 11.5. The standard InChI is InChI=1S/C20H27N3O2/c1-13(10-15-4-3-9-23(15)2)12-25-16-7-5-14(6-8-16)19-17-11-18(17)20(24)22-21-19/h5-8,13,15,17-18H,3-4,9-12H2,1-2H3,(H,22,24)/t13-,15?,17?,18?/m0/s1. The molecule has 3 unspecified atom stereocenters. The normalized spacial score (nSPS) is 29.6. The smallest absolute Gasteiger partial charge is 0.243 e. The van der Waals surface area contributed by atoms with Crippen molar-refractivity contribution >= 4 is 11.6 Å². The Bertz CT molecular complexity index is 670. The fourth-order valence-corrected chi connectivity index (χ4v) is 4.12. The quantitative estimate of drug-likeness (QED) is 0.865. The average molecular weight is 341 g/mol. The third-order valence-corrected chi connectivity index (χ3v) is 5.80. The number of likely N-dealkylation sites (tertiary alicyclic amines) is 1. The van der Waals surface area contributed by atoms with Crippen LogP contribution in [-0.2, 0) is 4.79 Å². The Labute approximate surface area is 149 Å². The molecule has 4 atom stereocenters. The van der Waals surface area contributed by atoms with Crippen LogP contribution in [0.2, 0.25) is 0 Å². The number of fused-ring (bicyclic) bond motifs is 1. The first-order valence-corrected chi connectivity index (χ1v) is 9.42. The van der Waals surface area contributed by atoms with Gasteiger partial charge in [-0.15, -0.1) is 0 Å². The number of amides is 1. The maximum absolute atomic E-state index is 11.5. The lowest BCUT2D eigenvalue weighted by molar-refractivity contribution is -0.122. The van der Waals surface area contributed by atoms with Crippen molar-refractivity contribution in [2.45, 2.75) is 38.6 Å². The van der Waals surface area contributed by atoms with E-state index in [0.29, 0.717) is 17.9 Å². The molecule has 0 bridgehead atoms. The molecule has 1 saturated heterocycles. The molecule has 0 radical (unpaired) electrons. The number of hydrogen-bond donors (Lipinski definition) is 1. The van der Waals surface area contributed by atoms with Crippen LogP contribution in [0.5, 0.6) is 5.75 Å². The van der Waals surface area contributed by atoms with E-state index in [2.05, 4.69) is 41.5 Å². The van der Waals surface area contributed by atoms with Crippen molar-refractivity contribution in [2.75, 3.05) is 20.2 Å². The van der Waals surface area contributed by atoms with Crippen LogP contribution in [-0.4, -0.2) is 42.8 Å². The van der Waals surface area contributed by atoms with Crippen LogP contribution in [0.1, 0.15) is 38.2 Å². The molecule has 134 valence electrons. The molecule has 2 heterocycles. The number of rotatable bonds is 6. The highest BCUT2D eigenvalue weighted by Gasteiger charge is 2.49. The number of hydrogen-bond acceptors (Lipinski definition) is 4. The maximum Gasteiger partial charge on any atom is 0.243 e. The molecular formula is C20H27N3O2. The summed E-state index contributed by atoms with van der Waals surface area (Å²) in [6.45, 7) is 4.25. The minimum absolute atomic E-state index is 0.0654. The average Bonchev–Trinajstić information content (AvgIpc) is 3.33. The van der Waals surface area contributed by atoms with Crippen LogP contribution in [0.3, 0.4) is 0 Å². The first-order valence-electron chi connectivity index (χ1n) is 9.42. The van der Waals surface area contributed by atoms with Gasteiger partial charge in [-0.3, -0.25) is 4.79 Å². The van der Waals surface area contributed by atoms with Gasteiger partial charge in [0.05, 0.1) is 12.3 Å². The molecule has 25 heavy (non-hydrogen) atoms. The summed E-state index contributed by atoms with van der Waals surface area (Å²) in [5.74, 6) is 1.97. The van der Waals surface area contributed by atoms with E-state index in [4.69, 9.17) is 4.74 Å². The second-order valence-electron chi connectivity index (χ2n) is 7.87. The number of nitrogens with zero attached hydrogens (tertiary/aromatic N) is 2. The third-order valence-electron chi connectivity index (χ3n) is 5.80. The van der Waals surface area contributed by atoms with E-state index in [1.165, 1.54) is 25.8 Å². The molecule has 5 heteroatoms. The van der Waals surface area contributed by atoms with Crippen LogP contribution in [0.15, 0.2) is 29.4 Å². The molecule has 2 fully saturated rings. The summed E-state index contributed by atoms with van der Waals surface area (Å²) in [5.41, 5.74) is 4.72. The van der Waals surface area contributed by atoms with Crippen molar-refractivity contribution in [1.29, 1.82) is 0 Å². The van der Waals surface area contributed by atoms with Crippen molar-refractivity contribution in [3.05, 3.63) is 29.8 Å². The summed E-state index contributed by atoms with van der Waals surface area (Å²) in [6, 6.07) is 8.85. The van der Waals surface area contributed by atoms with Crippen molar-refractivity contribution in [3.63, 3.8) is 0 Å². The van der Waals surface area contributed by atoms with E-state index in [1.807, 2.05) is 12.1 Å². The van der Waals surface area contributed by atoms with Crippen LogP contribution in [0.25, 0.3) is 0 Å². The molecule has 4 rings (SSSR count). The Hall–Kier alpha value is -1.88. The number of hydrazone groups is 1. The molecule has 1 aromatic carbocycles. The van der Waals surface area contributed by atoms with E-state index >= 15 is 0 Å². The summed E-state index contributed by atoms with van der Waals surface area (Å²) < 4.78 is 5.98. The van der Waals surface area contributed by atoms with Gasteiger partial charge in [-0.1, -0.05) is 6.92 Å². The SMILES string of the molecule is C[C@H](COc1ccc(C2=NNC(=O)C3CC23)cc1)CC1CCCN1C. The Morgan fingerprint density at radius 1 is 1.32 bits per heavy atom. The molecule has 1 aromatic rings. The van der Waals surface area contributed by atoms with Crippen molar-refractivity contribution in [2.24, 2.45) is 22.9 Å². The summed E-state index contributed by atoms with van der Waals surface area (Å²) in [4.78, 5) is 14.0. The van der Waals surface area contributed by atoms with Crippen LogP contribution in [0, 0.1) is 17.8 Å². The highest BCUT2D eigenvalue weighted by atomic mass is 16.5. The lowest BCUT2D eigenvalue weighted by atomic mass is 10.0. The summed E-state index contributed by atoms with van der Waals surface area (Å²) in [5, 5.41) is 4.24. The molecule has 1 amide bonds. The van der Waals surface area contributed by atoms with Gasteiger partial charge in [0.1, 0.15) is 5.75 Å². The van der Waals surface area contributed by atoms with E-state index < -0.39 is 0 Å².